The minimum absolute atomic E-state index is 0.0171. The quantitative estimate of drug-likeness (QED) is 0.545. The molecule has 120 valence electrons. The highest BCUT2D eigenvalue weighted by Crippen LogP contribution is 2.51. The van der Waals surface area contributed by atoms with E-state index in [9.17, 15) is 9.59 Å². The van der Waals surface area contributed by atoms with Crippen molar-refractivity contribution in [3.05, 3.63) is 53.0 Å². The van der Waals surface area contributed by atoms with Gasteiger partial charge in [0.1, 0.15) is 0 Å². The molecule has 2 fully saturated rings. The Morgan fingerprint density at radius 1 is 0.833 bits per heavy atom. The lowest BCUT2D eigenvalue weighted by molar-refractivity contribution is -0.124. The number of fused-ring (bicyclic) bond motifs is 2. The minimum atomic E-state index is -0.163. The fraction of sp³-hybridized carbons (Fsp3) is 0.300. The number of rotatable bonds is 1. The number of nitrogens with zero attached hydrogens (tertiary/aromatic N) is 1. The highest BCUT2D eigenvalue weighted by atomic mass is 79.9. The Bertz CT molecular complexity index is 887. The molecule has 2 bridgehead atoms. The number of hydrogen-bond donors (Lipinski definition) is 0. The van der Waals surface area contributed by atoms with Crippen molar-refractivity contribution >= 4 is 44.2 Å². The van der Waals surface area contributed by atoms with Gasteiger partial charge in [0.05, 0.1) is 17.5 Å². The third-order valence-corrected chi connectivity index (χ3v) is 6.54. The van der Waals surface area contributed by atoms with Crippen LogP contribution in [0, 0.1) is 23.7 Å². The molecule has 2 aromatic rings. The summed E-state index contributed by atoms with van der Waals surface area (Å²) in [5.41, 5.74) is 0.720. The Morgan fingerprint density at radius 3 is 2.00 bits per heavy atom. The summed E-state index contributed by atoms with van der Waals surface area (Å²) < 4.78 is 0.972. The summed E-state index contributed by atoms with van der Waals surface area (Å²) in [7, 11) is 0. The molecule has 3 aliphatic carbocycles. The number of anilines is 1. The van der Waals surface area contributed by atoms with Gasteiger partial charge in [0, 0.05) is 9.86 Å². The van der Waals surface area contributed by atoms with Crippen molar-refractivity contribution in [2.24, 2.45) is 23.7 Å². The largest absolute Gasteiger partial charge is 0.274 e. The standard InChI is InChI=1S/C20H16BrNO2/c21-15-9-10-16(14-4-2-1-3-13(14)15)22-19(23)17-11-5-6-12(8-7-11)18(17)20(22)24/h1-6,9-12,17-18H,7-8H2/t11-,12+,17-,18+. The third kappa shape index (κ3) is 1.78. The van der Waals surface area contributed by atoms with Gasteiger partial charge in [-0.05, 0) is 42.2 Å². The fourth-order valence-corrected chi connectivity index (χ4v) is 5.23. The molecule has 1 saturated carbocycles. The molecular formula is C20H16BrNO2. The summed E-state index contributed by atoms with van der Waals surface area (Å²) in [5.74, 6) is 0.0895. The van der Waals surface area contributed by atoms with Crippen LogP contribution in [0.1, 0.15) is 12.8 Å². The smallest absolute Gasteiger partial charge is 0.238 e. The summed E-state index contributed by atoms with van der Waals surface area (Å²) in [6.45, 7) is 0. The fourth-order valence-electron chi connectivity index (χ4n) is 4.75. The minimum Gasteiger partial charge on any atom is -0.274 e. The van der Waals surface area contributed by atoms with Crippen molar-refractivity contribution in [2.75, 3.05) is 4.90 Å². The second kappa shape index (κ2) is 5.03. The normalized spacial score (nSPS) is 31.1. The summed E-state index contributed by atoms with van der Waals surface area (Å²) in [5, 5.41) is 1.96. The van der Waals surface area contributed by atoms with E-state index in [1.165, 1.54) is 4.90 Å². The van der Waals surface area contributed by atoms with Gasteiger partial charge in [0.2, 0.25) is 11.8 Å². The van der Waals surface area contributed by atoms with Crippen LogP contribution >= 0.6 is 15.9 Å². The van der Waals surface area contributed by atoms with E-state index < -0.39 is 0 Å². The van der Waals surface area contributed by atoms with Crippen LogP contribution in [0.15, 0.2) is 53.0 Å². The zero-order valence-corrected chi connectivity index (χ0v) is 14.6. The molecule has 0 spiro atoms. The first kappa shape index (κ1) is 14.4. The number of carbonyl (C=O) groups excluding carboxylic acids is 2. The van der Waals surface area contributed by atoms with Crippen LogP contribution in [-0.2, 0) is 9.59 Å². The maximum absolute atomic E-state index is 13.1. The van der Waals surface area contributed by atoms with Gasteiger partial charge < -0.3 is 0 Å². The molecule has 4 heteroatoms. The summed E-state index contributed by atoms with van der Waals surface area (Å²) in [6.07, 6.45) is 6.36. The highest BCUT2D eigenvalue weighted by molar-refractivity contribution is 9.10. The van der Waals surface area contributed by atoms with Crippen LogP contribution in [0.4, 0.5) is 5.69 Å². The van der Waals surface area contributed by atoms with E-state index in [2.05, 4.69) is 28.1 Å². The molecule has 0 aromatic heterocycles. The van der Waals surface area contributed by atoms with Crippen LogP contribution < -0.4 is 4.90 Å². The van der Waals surface area contributed by atoms with Crippen LogP contribution in [0.3, 0.4) is 0 Å². The third-order valence-electron chi connectivity index (χ3n) is 5.85. The molecule has 4 atom stereocenters. The molecule has 0 N–H and O–H groups in total. The maximum Gasteiger partial charge on any atom is 0.238 e. The molecule has 3 nitrogen and oxygen atoms in total. The first-order chi connectivity index (χ1) is 11.7. The van der Waals surface area contributed by atoms with E-state index in [-0.39, 0.29) is 35.5 Å². The number of hydrogen-bond acceptors (Lipinski definition) is 2. The van der Waals surface area contributed by atoms with E-state index >= 15 is 0 Å². The lowest BCUT2D eigenvalue weighted by atomic mass is 9.63. The molecule has 0 radical (unpaired) electrons. The first-order valence-electron chi connectivity index (χ1n) is 8.40. The maximum atomic E-state index is 13.1. The number of benzene rings is 2. The van der Waals surface area contributed by atoms with E-state index in [0.29, 0.717) is 0 Å². The second-order valence-corrected chi connectivity index (χ2v) is 7.82. The Morgan fingerprint density at radius 2 is 1.42 bits per heavy atom. The van der Waals surface area contributed by atoms with Crippen molar-refractivity contribution in [1.29, 1.82) is 0 Å². The summed E-state index contributed by atoms with van der Waals surface area (Å²) >= 11 is 3.56. The number of allylic oxidation sites excluding steroid dienone is 2. The zero-order valence-electron chi connectivity index (χ0n) is 13.0. The van der Waals surface area contributed by atoms with E-state index in [1.54, 1.807) is 0 Å². The molecule has 2 amide bonds. The van der Waals surface area contributed by atoms with Crippen molar-refractivity contribution in [3.63, 3.8) is 0 Å². The van der Waals surface area contributed by atoms with E-state index in [1.807, 2.05) is 36.4 Å². The van der Waals surface area contributed by atoms with Gasteiger partial charge in [-0.2, -0.15) is 0 Å². The number of imide groups is 1. The van der Waals surface area contributed by atoms with E-state index in [0.717, 1.165) is 33.8 Å². The average molecular weight is 382 g/mol. The van der Waals surface area contributed by atoms with Gasteiger partial charge >= 0.3 is 0 Å². The van der Waals surface area contributed by atoms with Gasteiger partial charge in [-0.25, -0.2) is 4.90 Å². The SMILES string of the molecule is O=C1[C@@H]2[C@H](C(=O)N1c1ccc(Br)c3ccccc13)[C@@H]1C=C[C@H]2CC1. The molecule has 24 heavy (non-hydrogen) atoms. The van der Waals surface area contributed by atoms with Crippen LogP contribution in [0.25, 0.3) is 10.8 Å². The van der Waals surface area contributed by atoms with Crippen LogP contribution in [-0.4, -0.2) is 11.8 Å². The van der Waals surface area contributed by atoms with Gasteiger partial charge in [0.25, 0.3) is 0 Å². The molecule has 6 rings (SSSR count). The molecule has 1 saturated heterocycles. The number of amides is 2. The first-order valence-corrected chi connectivity index (χ1v) is 9.19. The van der Waals surface area contributed by atoms with Crippen molar-refractivity contribution in [2.45, 2.75) is 12.8 Å². The predicted molar refractivity (Wildman–Crippen MR) is 96.5 cm³/mol. The van der Waals surface area contributed by atoms with Gasteiger partial charge in [-0.3, -0.25) is 9.59 Å². The number of carbonyl (C=O) groups is 2. The number of halogens is 1. The monoisotopic (exact) mass is 381 g/mol. The Balaban J connectivity index is 1.68. The molecule has 1 heterocycles. The van der Waals surface area contributed by atoms with Gasteiger partial charge in [-0.15, -0.1) is 0 Å². The topological polar surface area (TPSA) is 37.4 Å². The van der Waals surface area contributed by atoms with Crippen molar-refractivity contribution in [3.8, 4) is 0 Å². The molecule has 2 aromatic carbocycles. The average Bonchev–Trinajstić information content (AvgIpc) is 2.90. The molecular weight excluding hydrogens is 366 g/mol. The van der Waals surface area contributed by atoms with Gasteiger partial charge in [-0.1, -0.05) is 52.3 Å². The van der Waals surface area contributed by atoms with Crippen molar-refractivity contribution in [1.82, 2.24) is 0 Å². The lowest BCUT2D eigenvalue weighted by Crippen LogP contribution is -2.38. The van der Waals surface area contributed by atoms with Crippen LogP contribution in [0.2, 0.25) is 0 Å². The Kier molecular flexibility index (Phi) is 3.02. The molecule has 4 aliphatic rings. The van der Waals surface area contributed by atoms with Crippen molar-refractivity contribution < 1.29 is 9.59 Å². The predicted octanol–water partition coefficient (Wildman–Crippen LogP) is 4.30. The molecule has 1 aliphatic heterocycles. The summed E-state index contributed by atoms with van der Waals surface area (Å²) in [6, 6.07) is 11.7. The summed E-state index contributed by atoms with van der Waals surface area (Å²) in [4.78, 5) is 27.7. The second-order valence-electron chi connectivity index (χ2n) is 6.97. The highest BCUT2D eigenvalue weighted by Gasteiger charge is 2.57. The van der Waals surface area contributed by atoms with Crippen LogP contribution in [0.5, 0.6) is 0 Å². The molecule has 0 unspecified atom stereocenters. The zero-order chi connectivity index (χ0) is 16.4. The Hall–Kier alpha value is -1.94. The Labute approximate surface area is 148 Å². The van der Waals surface area contributed by atoms with Gasteiger partial charge in [0.15, 0.2) is 0 Å². The lowest BCUT2D eigenvalue weighted by Gasteiger charge is -2.38. The van der Waals surface area contributed by atoms with E-state index in [4.69, 9.17) is 0 Å².